The van der Waals surface area contributed by atoms with E-state index < -0.39 is 9.84 Å². The Morgan fingerprint density at radius 1 is 1.11 bits per heavy atom. The maximum absolute atomic E-state index is 11.2. The minimum atomic E-state index is -2.93. The molecular weight excluding hydrogens is 246 g/mol. The first-order valence-corrected chi connectivity index (χ1v) is 8.55. The summed E-state index contributed by atoms with van der Waals surface area (Å²) >= 11 is 0. The molecule has 0 amide bonds. The molecule has 4 heteroatoms. The number of piperidine rings is 1. The van der Waals surface area contributed by atoms with Gasteiger partial charge in [-0.05, 0) is 49.4 Å². The fourth-order valence-corrected chi connectivity index (χ4v) is 3.29. The molecule has 1 aromatic carbocycles. The molecule has 18 heavy (non-hydrogen) atoms. The van der Waals surface area contributed by atoms with Gasteiger partial charge in [-0.2, -0.15) is 0 Å². The Balaban J connectivity index is 1.94. The predicted molar refractivity (Wildman–Crippen MR) is 74.3 cm³/mol. The molecule has 0 aliphatic carbocycles. The van der Waals surface area contributed by atoms with E-state index >= 15 is 0 Å². The van der Waals surface area contributed by atoms with Gasteiger partial charge in [0.2, 0.25) is 0 Å². The zero-order valence-electron chi connectivity index (χ0n) is 10.9. The lowest BCUT2D eigenvalue weighted by Crippen LogP contribution is -2.28. The highest BCUT2D eigenvalue weighted by Gasteiger charge is 2.13. The molecule has 1 aliphatic heterocycles. The molecule has 1 N–H and O–H groups in total. The van der Waals surface area contributed by atoms with Gasteiger partial charge in [-0.1, -0.05) is 24.3 Å². The van der Waals surface area contributed by atoms with Crippen LogP contribution < -0.4 is 5.32 Å². The molecule has 0 saturated carbocycles. The molecule has 0 radical (unpaired) electrons. The van der Waals surface area contributed by atoms with Gasteiger partial charge < -0.3 is 5.32 Å². The molecule has 3 nitrogen and oxygen atoms in total. The van der Waals surface area contributed by atoms with Crippen molar-refractivity contribution in [2.45, 2.75) is 25.0 Å². The molecule has 1 saturated heterocycles. The largest absolute Gasteiger partial charge is 0.317 e. The molecule has 0 aromatic heterocycles. The third kappa shape index (κ3) is 4.42. The van der Waals surface area contributed by atoms with Crippen LogP contribution in [0.1, 0.15) is 24.0 Å². The molecule has 1 aromatic rings. The Morgan fingerprint density at radius 2 is 1.67 bits per heavy atom. The van der Waals surface area contributed by atoms with Crippen molar-refractivity contribution >= 4 is 9.84 Å². The van der Waals surface area contributed by atoms with Gasteiger partial charge in [0, 0.05) is 6.26 Å². The topological polar surface area (TPSA) is 46.2 Å². The molecule has 1 heterocycles. The summed E-state index contributed by atoms with van der Waals surface area (Å²) in [6.07, 6.45) is 4.87. The van der Waals surface area contributed by atoms with Gasteiger partial charge in [0.15, 0.2) is 9.84 Å². The Kier molecular flexibility index (Phi) is 4.40. The average molecular weight is 267 g/mol. The zero-order valence-corrected chi connectivity index (χ0v) is 11.7. The predicted octanol–water partition coefficient (Wildman–Crippen LogP) is 1.77. The quantitative estimate of drug-likeness (QED) is 0.904. The normalized spacial score (nSPS) is 17.8. The van der Waals surface area contributed by atoms with Gasteiger partial charge in [0.05, 0.1) is 5.75 Å². The van der Waals surface area contributed by atoms with E-state index in [2.05, 4.69) is 17.4 Å². The molecule has 0 bridgehead atoms. The fraction of sp³-hybridized carbons (Fsp3) is 0.571. The fourth-order valence-electron chi connectivity index (χ4n) is 2.49. The number of hydrogen-bond acceptors (Lipinski definition) is 3. The van der Waals surface area contributed by atoms with Crippen LogP contribution in [0.2, 0.25) is 0 Å². The molecular formula is C14H21NO2S. The van der Waals surface area contributed by atoms with Crippen molar-refractivity contribution < 1.29 is 8.42 Å². The summed E-state index contributed by atoms with van der Waals surface area (Å²) in [7, 11) is -2.93. The molecule has 0 unspecified atom stereocenters. The van der Waals surface area contributed by atoms with Gasteiger partial charge in [0.25, 0.3) is 0 Å². The van der Waals surface area contributed by atoms with E-state index in [1.165, 1.54) is 24.7 Å². The van der Waals surface area contributed by atoms with E-state index in [-0.39, 0.29) is 5.75 Å². The second-order valence-electron chi connectivity index (χ2n) is 5.28. The smallest absolute Gasteiger partial charge is 0.151 e. The molecule has 1 fully saturated rings. The summed E-state index contributed by atoms with van der Waals surface area (Å²) in [6, 6.07) is 8.03. The monoisotopic (exact) mass is 267 g/mol. The van der Waals surface area contributed by atoms with E-state index in [1.807, 2.05) is 12.1 Å². The van der Waals surface area contributed by atoms with Crippen LogP contribution in [0.4, 0.5) is 0 Å². The summed E-state index contributed by atoms with van der Waals surface area (Å²) in [4.78, 5) is 0. The van der Waals surface area contributed by atoms with Crippen LogP contribution in [0.5, 0.6) is 0 Å². The second kappa shape index (κ2) is 5.85. The van der Waals surface area contributed by atoms with Crippen molar-refractivity contribution in [2.75, 3.05) is 19.3 Å². The Morgan fingerprint density at radius 3 is 2.22 bits per heavy atom. The van der Waals surface area contributed by atoms with Gasteiger partial charge in [-0.25, -0.2) is 8.42 Å². The zero-order chi connectivity index (χ0) is 13.0. The first-order valence-electron chi connectivity index (χ1n) is 6.49. The van der Waals surface area contributed by atoms with Crippen molar-refractivity contribution in [1.29, 1.82) is 0 Å². The number of benzene rings is 1. The minimum Gasteiger partial charge on any atom is -0.317 e. The molecule has 2 rings (SSSR count). The van der Waals surface area contributed by atoms with Crippen molar-refractivity contribution in [3.05, 3.63) is 35.4 Å². The van der Waals surface area contributed by atoms with Crippen LogP contribution in [0, 0.1) is 5.92 Å². The summed E-state index contributed by atoms with van der Waals surface area (Å²) in [5.74, 6) is 0.910. The molecule has 1 aliphatic rings. The third-order valence-electron chi connectivity index (χ3n) is 3.43. The van der Waals surface area contributed by atoms with Gasteiger partial charge >= 0.3 is 0 Å². The van der Waals surface area contributed by atoms with Crippen LogP contribution in [0.25, 0.3) is 0 Å². The summed E-state index contributed by atoms with van der Waals surface area (Å²) in [6.45, 7) is 2.24. The van der Waals surface area contributed by atoms with E-state index in [1.54, 1.807) is 0 Å². The first kappa shape index (κ1) is 13.6. The lowest BCUT2D eigenvalue weighted by atomic mass is 9.91. The van der Waals surface area contributed by atoms with Gasteiger partial charge in [-0.3, -0.25) is 0 Å². The molecule has 0 atom stereocenters. The minimum absolute atomic E-state index is 0.140. The Labute approximate surface area is 110 Å². The van der Waals surface area contributed by atoms with Gasteiger partial charge in [0.1, 0.15) is 0 Å². The van der Waals surface area contributed by atoms with E-state index in [0.29, 0.717) is 0 Å². The van der Waals surface area contributed by atoms with E-state index in [9.17, 15) is 8.42 Å². The van der Waals surface area contributed by atoms with Crippen LogP contribution in [-0.4, -0.2) is 27.8 Å². The second-order valence-corrected chi connectivity index (χ2v) is 7.42. The molecule has 0 spiro atoms. The van der Waals surface area contributed by atoms with Crippen LogP contribution in [-0.2, 0) is 22.0 Å². The van der Waals surface area contributed by atoms with Crippen molar-refractivity contribution in [3.63, 3.8) is 0 Å². The Bertz CT molecular complexity index is 473. The maximum atomic E-state index is 11.2. The highest BCUT2D eigenvalue weighted by Crippen LogP contribution is 2.18. The van der Waals surface area contributed by atoms with Crippen LogP contribution in [0.15, 0.2) is 24.3 Å². The summed E-state index contributed by atoms with van der Waals surface area (Å²) in [5.41, 5.74) is 2.20. The lowest BCUT2D eigenvalue weighted by molar-refractivity contribution is 0.372. The van der Waals surface area contributed by atoms with Crippen LogP contribution in [0.3, 0.4) is 0 Å². The number of sulfone groups is 1. The highest BCUT2D eigenvalue weighted by molar-refractivity contribution is 7.89. The van der Waals surface area contributed by atoms with Crippen LogP contribution >= 0.6 is 0 Å². The SMILES string of the molecule is CS(=O)(=O)Cc1ccc(CC2CCNCC2)cc1. The standard InChI is InChI=1S/C14H21NO2S/c1-18(16,17)11-14-4-2-12(3-5-14)10-13-6-8-15-9-7-13/h2-5,13,15H,6-11H2,1H3. The first-order chi connectivity index (χ1) is 8.53. The van der Waals surface area contributed by atoms with Crippen molar-refractivity contribution in [2.24, 2.45) is 5.92 Å². The van der Waals surface area contributed by atoms with Crippen molar-refractivity contribution in [1.82, 2.24) is 5.32 Å². The number of rotatable bonds is 4. The summed E-state index contributed by atoms with van der Waals surface area (Å²) in [5, 5.41) is 3.37. The maximum Gasteiger partial charge on any atom is 0.151 e. The van der Waals surface area contributed by atoms with E-state index in [0.717, 1.165) is 31.0 Å². The van der Waals surface area contributed by atoms with Gasteiger partial charge in [-0.15, -0.1) is 0 Å². The van der Waals surface area contributed by atoms with Crippen molar-refractivity contribution in [3.8, 4) is 0 Å². The summed E-state index contributed by atoms with van der Waals surface area (Å²) < 4.78 is 22.4. The average Bonchev–Trinajstić information content (AvgIpc) is 2.31. The third-order valence-corrected chi connectivity index (χ3v) is 4.29. The number of hydrogen-bond donors (Lipinski definition) is 1. The molecule has 100 valence electrons. The Hall–Kier alpha value is -0.870. The lowest BCUT2D eigenvalue weighted by Gasteiger charge is -2.22. The van der Waals surface area contributed by atoms with E-state index in [4.69, 9.17) is 0 Å². The highest BCUT2D eigenvalue weighted by atomic mass is 32.2. The number of nitrogens with one attached hydrogen (secondary N) is 1.